The summed E-state index contributed by atoms with van der Waals surface area (Å²) in [6.07, 6.45) is 0. The highest BCUT2D eigenvalue weighted by atomic mass is 79.9. The molecule has 19 heavy (non-hydrogen) atoms. The first kappa shape index (κ1) is 14.2. The van der Waals surface area contributed by atoms with Crippen molar-refractivity contribution in [3.63, 3.8) is 0 Å². The van der Waals surface area contributed by atoms with Gasteiger partial charge in [-0.05, 0) is 43.2 Å². The lowest BCUT2D eigenvalue weighted by atomic mass is 9.96. The Hall–Kier alpha value is -1.23. The molecule has 1 unspecified atom stereocenters. The van der Waals surface area contributed by atoms with Crippen LogP contribution in [0.25, 0.3) is 0 Å². The van der Waals surface area contributed by atoms with Crippen molar-refractivity contribution >= 4 is 15.9 Å². The van der Waals surface area contributed by atoms with Gasteiger partial charge in [-0.15, -0.1) is 0 Å². The summed E-state index contributed by atoms with van der Waals surface area (Å²) in [4.78, 5) is 0. The lowest BCUT2D eigenvalue weighted by Gasteiger charge is -2.19. The highest BCUT2D eigenvalue weighted by molar-refractivity contribution is 9.10. The van der Waals surface area contributed by atoms with E-state index in [-0.39, 0.29) is 11.9 Å². The Morgan fingerprint density at radius 1 is 1.11 bits per heavy atom. The predicted molar refractivity (Wildman–Crippen MR) is 79.2 cm³/mol. The summed E-state index contributed by atoms with van der Waals surface area (Å²) in [5, 5.41) is 0. The van der Waals surface area contributed by atoms with Gasteiger partial charge in [0.2, 0.25) is 0 Å². The molecule has 0 saturated carbocycles. The molecule has 1 atom stereocenters. The zero-order valence-corrected chi connectivity index (χ0v) is 12.5. The molecule has 0 spiro atoms. The number of hydrogen-bond donors (Lipinski definition) is 2. The Balaban J connectivity index is 2.52. The van der Waals surface area contributed by atoms with E-state index in [4.69, 9.17) is 5.84 Å². The molecule has 0 fully saturated rings. The number of benzene rings is 2. The fraction of sp³-hybridized carbons (Fsp3) is 0.200. The zero-order valence-electron chi connectivity index (χ0n) is 10.9. The number of hydrogen-bond acceptors (Lipinski definition) is 2. The predicted octanol–water partition coefficient (Wildman–Crippen LogP) is 3.76. The van der Waals surface area contributed by atoms with Crippen molar-refractivity contribution in [2.45, 2.75) is 19.9 Å². The summed E-state index contributed by atoms with van der Waals surface area (Å²) in [5.74, 6) is 5.39. The second-order valence-corrected chi connectivity index (χ2v) is 5.54. The van der Waals surface area contributed by atoms with Crippen molar-refractivity contribution in [1.29, 1.82) is 0 Å². The first-order valence-electron chi connectivity index (χ1n) is 6.00. The summed E-state index contributed by atoms with van der Waals surface area (Å²) in [6, 6.07) is 10.6. The minimum Gasteiger partial charge on any atom is -0.271 e. The van der Waals surface area contributed by atoms with E-state index >= 15 is 0 Å². The van der Waals surface area contributed by atoms with Crippen LogP contribution >= 0.6 is 15.9 Å². The van der Waals surface area contributed by atoms with E-state index in [2.05, 4.69) is 39.6 Å². The second kappa shape index (κ2) is 5.82. The molecule has 3 N–H and O–H groups in total. The lowest BCUT2D eigenvalue weighted by Crippen LogP contribution is -2.29. The zero-order chi connectivity index (χ0) is 14.0. The van der Waals surface area contributed by atoms with Crippen molar-refractivity contribution in [3.05, 3.63) is 68.9 Å². The van der Waals surface area contributed by atoms with Gasteiger partial charge in [-0.1, -0.05) is 45.3 Å². The van der Waals surface area contributed by atoms with Crippen LogP contribution in [-0.4, -0.2) is 0 Å². The molecule has 0 radical (unpaired) electrons. The molecule has 2 aromatic carbocycles. The summed E-state index contributed by atoms with van der Waals surface area (Å²) in [6.45, 7) is 4.06. The fourth-order valence-electron chi connectivity index (χ4n) is 2.28. The second-order valence-electron chi connectivity index (χ2n) is 4.69. The third kappa shape index (κ3) is 3.21. The van der Waals surface area contributed by atoms with E-state index in [0.29, 0.717) is 0 Å². The van der Waals surface area contributed by atoms with Gasteiger partial charge in [-0.2, -0.15) is 0 Å². The number of nitrogens with two attached hydrogens (primary N) is 1. The molecular formula is C15H16BrFN2. The minimum atomic E-state index is -0.275. The number of rotatable bonds is 3. The molecule has 0 aliphatic carbocycles. The van der Waals surface area contributed by atoms with Crippen LogP contribution in [0, 0.1) is 19.7 Å². The van der Waals surface area contributed by atoms with Crippen LogP contribution in [0.15, 0.2) is 40.9 Å². The van der Waals surface area contributed by atoms with Crippen LogP contribution in [0.3, 0.4) is 0 Å². The van der Waals surface area contributed by atoms with E-state index in [1.165, 1.54) is 12.1 Å². The van der Waals surface area contributed by atoms with Crippen molar-refractivity contribution in [1.82, 2.24) is 5.43 Å². The Kier molecular flexibility index (Phi) is 4.34. The SMILES string of the molecule is Cc1cc(C)cc(C(NN)c2cc(F)ccc2Br)c1. The Morgan fingerprint density at radius 3 is 2.32 bits per heavy atom. The van der Waals surface area contributed by atoms with E-state index < -0.39 is 0 Å². The number of hydrazine groups is 1. The molecule has 2 rings (SSSR count). The third-order valence-corrected chi connectivity index (χ3v) is 3.74. The minimum absolute atomic E-state index is 0.247. The number of nitrogens with one attached hydrogen (secondary N) is 1. The summed E-state index contributed by atoms with van der Waals surface area (Å²) in [5.41, 5.74) is 6.88. The van der Waals surface area contributed by atoms with Crippen LogP contribution in [0.1, 0.15) is 28.3 Å². The molecule has 0 aromatic heterocycles. The number of halogens is 2. The van der Waals surface area contributed by atoms with E-state index in [0.717, 1.165) is 26.7 Å². The summed E-state index contributed by atoms with van der Waals surface area (Å²) >= 11 is 3.44. The van der Waals surface area contributed by atoms with Gasteiger partial charge in [0, 0.05) is 4.47 Å². The van der Waals surface area contributed by atoms with Gasteiger partial charge in [-0.25, -0.2) is 9.82 Å². The van der Waals surface area contributed by atoms with Gasteiger partial charge in [0.05, 0.1) is 6.04 Å². The Bertz CT molecular complexity index is 578. The van der Waals surface area contributed by atoms with Crippen LogP contribution in [0.4, 0.5) is 4.39 Å². The van der Waals surface area contributed by atoms with Gasteiger partial charge in [0.25, 0.3) is 0 Å². The first-order chi connectivity index (χ1) is 9.01. The van der Waals surface area contributed by atoms with Crippen molar-refractivity contribution in [2.24, 2.45) is 5.84 Å². The molecule has 0 aliphatic rings. The van der Waals surface area contributed by atoms with Crippen molar-refractivity contribution < 1.29 is 4.39 Å². The maximum absolute atomic E-state index is 13.4. The number of aryl methyl sites for hydroxylation is 2. The molecule has 2 aromatic rings. The fourth-order valence-corrected chi connectivity index (χ4v) is 2.75. The summed E-state index contributed by atoms with van der Waals surface area (Å²) in [7, 11) is 0. The van der Waals surface area contributed by atoms with E-state index in [1.807, 2.05) is 13.8 Å². The molecule has 4 heteroatoms. The largest absolute Gasteiger partial charge is 0.271 e. The monoisotopic (exact) mass is 322 g/mol. The van der Waals surface area contributed by atoms with E-state index in [1.54, 1.807) is 6.07 Å². The van der Waals surface area contributed by atoms with Crippen LogP contribution in [0.2, 0.25) is 0 Å². The van der Waals surface area contributed by atoms with E-state index in [9.17, 15) is 4.39 Å². The van der Waals surface area contributed by atoms with Crippen LogP contribution in [0.5, 0.6) is 0 Å². The maximum Gasteiger partial charge on any atom is 0.123 e. The van der Waals surface area contributed by atoms with Gasteiger partial charge >= 0.3 is 0 Å². The molecule has 0 saturated heterocycles. The molecular weight excluding hydrogens is 307 g/mol. The van der Waals surface area contributed by atoms with Crippen molar-refractivity contribution in [2.75, 3.05) is 0 Å². The topological polar surface area (TPSA) is 38.0 Å². The first-order valence-corrected chi connectivity index (χ1v) is 6.80. The van der Waals surface area contributed by atoms with Crippen molar-refractivity contribution in [3.8, 4) is 0 Å². The highest BCUT2D eigenvalue weighted by Crippen LogP contribution is 2.29. The highest BCUT2D eigenvalue weighted by Gasteiger charge is 2.16. The molecule has 0 amide bonds. The molecule has 100 valence electrons. The average molecular weight is 323 g/mol. The van der Waals surface area contributed by atoms with Gasteiger partial charge in [0.1, 0.15) is 5.82 Å². The summed E-state index contributed by atoms with van der Waals surface area (Å²) < 4.78 is 14.3. The normalized spacial score (nSPS) is 12.5. The van der Waals surface area contributed by atoms with Crippen LogP contribution in [-0.2, 0) is 0 Å². The standard InChI is InChI=1S/C15H16BrFN2/c1-9-5-10(2)7-11(6-9)15(19-18)13-8-12(17)3-4-14(13)16/h3-8,15,19H,18H2,1-2H3. The molecule has 0 bridgehead atoms. The quantitative estimate of drug-likeness (QED) is 0.667. The van der Waals surface area contributed by atoms with Gasteiger partial charge in [-0.3, -0.25) is 5.84 Å². The Labute approximate surface area is 120 Å². The molecule has 0 aliphatic heterocycles. The molecule has 2 nitrogen and oxygen atoms in total. The van der Waals surface area contributed by atoms with Gasteiger partial charge < -0.3 is 0 Å². The lowest BCUT2D eigenvalue weighted by molar-refractivity contribution is 0.603. The maximum atomic E-state index is 13.4. The smallest absolute Gasteiger partial charge is 0.123 e. The third-order valence-electron chi connectivity index (χ3n) is 3.01. The van der Waals surface area contributed by atoms with Gasteiger partial charge in [0.15, 0.2) is 0 Å². The molecule has 0 heterocycles. The van der Waals surface area contributed by atoms with Crippen LogP contribution < -0.4 is 11.3 Å². The Morgan fingerprint density at radius 2 is 1.74 bits per heavy atom. The average Bonchev–Trinajstić information content (AvgIpc) is 2.33.